The van der Waals surface area contributed by atoms with E-state index < -0.39 is 29.5 Å². The summed E-state index contributed by atoms with van der Waals surface area (Å²) in [6.45, 7) is -0.160. The van der Waals surface area contributed by atoms with Crippen LogP contribution in [0.4, 0.5) is 22.4 Å². The number of hydrazine groups is 1. The van der Waals surface area contributed by atoms with Gasteiger partial charge in [0.25, 0.3) is 5.91 Å². The number of nitrogens with zero attached hydrogens (tertiary/aromatic N) is 3. The molecule has 0 atom stereocenters. The number of benzene rings is 1. The van der Waals surface area contributed by atoms with Crippen LogP contribution in [0.25, 0.3) is 0 Å². The molecule has 1 aromatic carbocycles. The minimum absolute atomic E-state index is 0.120. The molecule has 0 saturated carbocycles. The summed E-state index contributed by atoms with van der Waals surface area (Å²) in [6.07, 6.45) is -3.66. The molecule has 0 unspecified atom stereocenters. The summed E-state index contributed by atoms with van der Waals surface area (Å²) in [5, 5.41) is 9.34. The Labute approximate surface area is 138 Å². The number of alkyl halides is 3. The first-order chi connectivity index (χ1) is 11.7. The third-order valence-electron chi connectivity index (χ3n) is 2.97. The van der Waals surface area contributed by atoms with Crippen LogP contribution in [0.5, 0.6) is 0 Å². The van der Waals surface area contributed by atoms with E-state index in [1.54, 1.807) is 0 Å². The highest BCUT2D eigenvalue weighted by Crippen LogP contribution is 2.31. The van der Waals surface area contributed by atoms with E-state index in [2.05, 4.69) is 15.6 Å². The molecule has 0 aliphatic rings. The lowest BCUT2D eigenvalue weighted by Gasteiger charge is -2.10. The van der Waals surface area contributed by atoms with E-state index in [0.717, 1.165) is 10.9 Å². The zero-order chi connectivity index (χ0) is 18.6. The summed E-state index contributed by atoms with van der Waals surface area (Å²) in [5.74, 6) is -2.15. The highest BCUT2D eigenvalue weighted by atomic mass is 19.4. The average Bonchev–Trinajstić information content (AvgIpc) is 3.01. The molecular weight excluding hydrogens is 348 g/mol. The lowest BCUT2D eigenvalue weighted by molar-refractivity contribution is -0.140. The average molecular weight is 360 g/mol. The molecule has 0 aliphatic carbocycles. The monoisotopic (exact) mass is 360 g/mol. The molecular formula is C13H12F4N6O2. The van der Waals surface area contributed by atoms with E-state index in [1.165, 1.54) is 13.1 Å². The van der Waals surface area contributed by atoms with Crippen molar-refractivity contribution in [1.82, 2.24) is 31.2 Å². The van der Waals surface area contributed by atoms with Gasteiger partial charge in [-0.05, 0) is 17.7 Å². The van der Waals surface area contributed by atoms with Crippen molar-refractivity contribution in [1.29, 1.82) is 0 Å². The molecule has 3 amide bonds. The van der Waals surface area contributed by atoms with Gasteiger partial charge in [-0.2, -0.15) is 13.2 Å². The zero-order valence-corrected chi connectivity index (χ0v) is 12.7. The SMILES string of the molecule is CNC(=O)NNC(=O)c1cn(Cc2ccc(F)c(C(F)(F)F)c2)nn1. The first-order valence-corrected chi connectivity index (χ1v) is 6.74. The maximum Gasteiger partial charge on any atom is 0.419 e. The molecule has 0 bridgehead atoms. The first kappa shape index (κ1) is 18.2. The number of nitrogens with one attached hydrogen (secondary N) is 3. The van der Waals surface area contributed by atoms with Crippen LogP contribution in [0.1, 0.15) is 21.6 Å². The summed E-state index contributed by atoms with van der Waals surface area (Å²) < 4.78 is 52.4. The Balaban J connectivity index is 2.09. The summed E-state index contributed by atoms with van der Waals surface area (Å²) in [7, 11) is 1.34. The number of hydrogen-bond donors (Lipinski definition) is 3. The standard InChI is InChI=1S/C13H12F4N6O2/c1-18-12(25)21-20-11(24)10-6-23(22-19-10)5-7-2-3-9(14)8(4-7)13(15,16)17/h2-4,6H,5H2,1H3,(H,20,24)(H2,18,21,25). The van der Waals surface area contributed by atoms with Gasteiger partial charge in [-0.15, -0.1) is 5.10 Å². The van der Waals surface area contributed by atoms with E-state index in [4.69, 9.17) is 0 Å². The van der Waals surface area contributed by atoms with Crippen molar-refractivity contribution in [3.05, 3.63) is 47.0 Å². The first-order valence-electron chi connectivity index (χ1n) is 6.74. The molecule has 1 heterocycles. The van der Waals surface area contributed by atoms with Crippen LogP contribution < -0.4 is 16.2 Å². The molecule has 1 aromatic heterocycles. The largest absolute Gasteiger partial charge is 0.419 e. The van der Waals surface area contributed by atoms with E-state index >= 15 is 0 Å². The second kappa shape index (κ2) is 7.15. The summed E-state index contributed by atoms with van der Waals surface area (Å²) >= 11 is 0. The van der Waals surface area contributed by atoms with Crippen LogP contribution in [0.2, 0.25) is 0 Å². The number of carbonyl (C=O) groups is 2. The van der Waals surface area contributed by atoms with Gasteiger partial charge in [0.05, 0.1) is 18.3 Å². The Morgan fingerprint density at radius 3 is 2.60 bits per heavy atom. The topological polar surface area (TPSA) is 101 Å². The molecule has 2 rings (SSSR count). The van der Waals surface area contributed by atoms with E-state index in [0.29, 0.717) is 12.1 Å². The van der Waals surface area contributed by atoms with Gasteiger partial charge in [0.1, 0.15) is 5.82 Å². The van der Waals surface area contributed by atoms with Crippen LogP contribution in [0.15, 0.2) is 24.4 Å². The normalized spacial score (nSPS) is 11.1. The van der Waals surface area contributed by atoms with Crippen molar-refractivity contribution in [3.8, 4) is 0 Å². The molecule has 0 aliphatic heterocycles. The molecule has 0 saturated heterocycles. The minimum atomic E-state index is -4.82. The van der Waals surface area contributed by atoms with E-state index in [-0.39, 0.29) is 17.8 Å². The van der Waals surface area contributed by atoms with Crippen molar-refractivity contribution in [2.45, 2.75) is 12.7 Å². The Kier molecular flexibility index (Phi) is 5.20. The predicted molar refractivity (Wildman–Crippen MR) is 75.6 cm³/mol. The second-order valence-corrected chi connectivity index (χ2v) is 4.77. The van der Waals surface area contributed by atoms with Crippen molar-refractivity contribution < 1.29 is 27.2 Å². The number of hydrogen-bond acceptors (Lipinski definition) is 4. The maximum absolute atomic E-state index is 13.2. The van der Waals surface area contributed by atoms with Gasteiger partial charge in [0, 0.05) is 7.05 Å². The number of amides is 3. The molecule has 0 spiro atoms. The second-order valence-electron chi connectivity index (χ2n) is 4.77. The highest BCUT2D eigenvalue weighted by molar-refractivity contribution is 5.93. The molecule has 3 N–H and O–H groups in total. The van der Waals surface area contributed by atoms with Gasteiger partial charge in [-0.25, -0.2) is 19.3 Å². The fraction of sp³-hybridized carbons (Fsp3) is 0.231. The van der Waals surface area contributed by atoms with Crippen molar-refractivity contribution in [2.75, 3.05) is 7.05 Å². The molecule has 25 heavy (non-hydrogen) atoms. The molecule has 134 valence electrons. The Hall–Kier alpha value is -3.18. The molecule has 0 radical (unpaired) electrons. The van der Waals surface area contributed by atoms with Crippen molar-refractivity contribution in [2.24, 2.45) is 0 Å². The number of urea groups is 1. The number of carbonyl (C=O) groups excluding carboxylic acids is 2. The third kappa shape index (κ3) is 4.65. The minimum Gasteiger partial charge on any atom is -0.340 e. The van der Waals surface area contributed by atoms with Crippen LogP contribution in [-0.4, -0.2) is 34.0 Å². The maximum atomic E-state index is 13.2. The molecule has 0 fully saturated rings. The van der Waals surface area contributed by atoms with Crippen molar-refractivity contribution >= 4 is 11.9 Å². The van der Waals surface area contributed by atoms with Gasteiger partial charge in [-0.1, -0.05) is 11.3 Å². The predicted octanol–water partition coefficient (Wildman–Crippen LogP) is 1.06. The fourth-order valence-electron chi connectivity index (χ4n) is 1.79. The molecule has 2 aromatic rings. The molecule has 12 heteroatoms. The van der Waals surface area contributed by atoms with Crippen LogP contribution >= 0.6 is 0 Å². The van der Waals surface area contributed by atoms with Gasteiger partial charge in [0.2, 0.25) is 0 Å². The Bertz CT molecular complexity index is 789. The van der Waals surface area contributed by atoms with Crippen molar-refractivity contribution in [3.63, 3.8) is 0 Å². The Morgan fingerprint density at radius 1 is 1.24 bits per heavy atom. The lowest BCUT2D eigenvalue weighted by atomic mass is 10.1. The molecule has 8 nitrogen and oxygen atoms in total. The van der Waals surface area contributed by atoms with Crippen LogP contribution in [0.3, 0.4) is 0 Å². The number of halogens is 4. The van der Waals surface area contributed by atoms with Gasteiger partial charge in [0.15, 0.2) is 5.69 Å². The smallest absolute Gasteiger partial charge is 0.340 e. The lowest BCUT2D eigenvalue weighted by Crippen LogP contribution is -2.45. The highest BCUT2D eigenvalue weighted by Gasteiger charge is 2.34. The summed E-state index contributed by atoms with van der Waals surface area (Å²) in [4.78, 5) is 22.6. The quantitative estimate of drug-likeness (QED) is 0.563. The zero-order valence-electron chi connectivity index (χ0n) is 12.7. The number of rotatable bonds is 3. The van der Waals surface area contributed by atoms with Gasteiger partial charge < -0.3 is 5.32 Å². The van der Waals surface area contributed by atoms with Crippen LogP contribution in [-0.2, 0) is 12.7 Å². The third-order valence-corrected chi connectivity index (χ3v) is 2.97. The fourth-order valence-corrected chi connectivity index (χ4v) is 1.79. The van der Waals surface area contributed by atoms with Gasteiger partial charge >= 0.3 is 12.2 Å². The Morgan fingerprint density at radius 2 is 1.96 bits per heavy atom. The summed E-state index contributed by atoms with van der Waals surface area (Å²) in [5.41, 5.74) is 2.63. The van der Waals surface area contributed by atoms with E-state index in [1.807, 2.05) is 10.9 Å². The van der Waals surface area contributed by atoms with Gasteiger partial charge in [-0.3, -0.25) is 10.2 Å². The van der Waals surface area contributed by atoms with Crippen LogP contribution in [0, 0.1) is 5.82 Å². The number of aromatic nitrogens is 3. The van der Waals surface area contributed by atoms with E-state index in [9.17, 15) is 27.2 Å². The summed E-state index contributed by atoms with van der Waals surface area (Å²) in [6, 6.07) is 1.87.